The van der Waals surface area contributed by atoms with Crippen LogP contribution in [0.15, 0.2) is 24.5 Å². The highest BCUT2D eigenvalue weighted by atomic mass is 16.5. The van der Waals surface area contributed by atoms with Gasteiger partial charge < -0.3 is 10.1 Å². The van der Waals surface area contributed by atoms with E-state index in [1.165, 1.54) is 24.8 Å². The van der Waals surface area contributed by atoms with Crippen molar-refractivity contribution >= 4 is 5.91 Å². The number of pyridine rings is 1. The van der Waals surface area contributed by atoms with Crippen LogP contribution in [0, 0.1) is 0 Å². The summed E-state index contributed by atoms with van der Waals surface area (Å²) in [6.07, 6.45) is 12.5. The van der Waals surface area contributed by atoms with Gasteiger partial charge in [0, 0.05) is 38.1 Å². The molecule has 2 aliphatic rings. The molecule has 1 aliphatic heterocycles. The van der Waals surface area contributed by atoms with Gasteiger partial charge in [-0.25, -0.2) is 0 Å². The van der Waals surface area contributed by atoms with Gasteiger partial charge in [-0.3, -0.25) is 14.7 Å². The number of nitrogens with one attached hydrogen (secondary N) is 1. The van der Waals surface area contributed by atoms with E-state index in [4.69, 9.17) is 4.74 Å². The molecule has 2 heterocycles. The molecule has 26 heavy (non-hydrogen) atoms. The third kappa shape index (κ3) is 5.78. The van der Waals surface area contributed by atoms with Crippen molar-refractivity contribution in [1.82, 2.24) is 15.2 Å². The smallest absolute Gasteiger partial charge is 0.249 e. The Morgan fingerprint density at radius 2 is 2.04 bits per heavy atom. The minimum Gasteiger partial charge on any atom is -0.365 e. The molecule has 3 rings (SSSR count). The van der Waals surface area contributed by atoms with Crippen molar-refractivity contribution in [2.45, 2.75) is 83.1 Å². The van der Waals surface area contributed by atoms with Crippen LogP contribution in [0.1, 0.15) is 63.9 Å². The Kier molecular flexibility index (Phi) is 7.44. The first-order valence-corrected chi connectivity index (χ1v) is 10.3. The number of ether oxygens (including phenoxy) is 1. The molecule has 1 saturated carbocycles. The van der Waals surface area contributed by atoms with Gasteiger partial charge >= 0.3 is 0 Å². The van der Waals surface area contributed by atoms with E-state index >= 15 is 0 Å². The highest BCUT2D eigenvalue weighted by Crippen LogP contribution is 2.22. The lowest BCUT2D eigenvalue weighted by Gasteiger charge is -2.33. The number of likely N-dealkylation sites (tertiary alicyclic amines) is 1. The summed E-state index contributed by atoms with van der Waals surface area (Å²) in [6, 6.07) is 4.38. The molecule has 0 bridgehead atoms. The molecule has 1 aliphatic carbocycles. The van der Waals surface area contributed by atoms with Crippen LogP contribution in [0.4, 0.5) is 0 Å². The second-order valence-corrected chi connectivity index (χ2v) is 7.71. The maximum Gasteiger partial charge on any atom is 0.249 e. The van der Waals surface area contributed by atoms with Gasteiger partial charge in [-0.05, 0) is 43.7 Å². The third-order valence-corrected chi connectivity index (χ3v) is 5.64. The van der Waals surface area contributed by atoms with E-state index < -0.39 is 0 Å². The van der Waals surface area contributed by atoms with Crippen molar-refractivity contribution in [3.63, 3.8) is 0 Å². The number of carbonyl (C=O) groups excluding carboxylic acids is 1. The van der Waals surface area contributed by atoms with Crippen LogP contribution in [-0.2, 0) is 16.1 Å². The molecule has 0 spiro atoms. The molecule has 1 saturated heterocycles. The zero-order valence-electron chi connectivity index (χ0n) is 16.0. The first-order chi connectivity index (χ1) is 12.7. The number of aromatic nitrogens is 1. The number of hydrogen-bond acceptors (Lipinski definition) is 4. The Balaban J connectivity index is 1.40. The highest BCUT2D eigenvalue weighted by Gasteiger charge is 2.27. The number of nitrogens with zero attached hydrogens (tertiary/aromatic N) is 2. The summed E-state index contributed by atoms with van der Waals surface area (Å²) in [5.74, 6) is 0.0868. The van der Waals surface area contributed by atoms with Crippen molar-refractivity contribution in [3.8, 4) is 0 Å². The van der Waals surface area contributed by atoms with E-state index in [-0.39, 0.29) is 24.2 Å². The van der Waals surface area contributed by atoms with Crippen LogP contribution in [0.3, 0.4) is 0 Å². The van der Waals surface area contributed by atoms with Gasteiger partial charge in [-0.15, -0.1) is 0 Å². The van der Waals surface area contributed by atoms with Crippen LogP contribution >= 0.6 is 0 Å². The average molecular weight is 360 g/mol. The fourth-order valence-electron chi connectivity index (χ4n) is 4.06. The second-order valence-electron chi connectivity index (χ2n) is 7.71. The molecule has 0 radical (unpaired) electrons. The summed E-state index contributed by atoms with van der Waals surface area (Å²) in [6.45, 7) is 5.01. The Labute approximate surface area is 157 Å². The van der Waals surface area contributed by atoms with Crippen molar-refractivity contribution < 1.29 is 9.53 Å². The van der Waals surface area contributed by atoms with Crippen LogP contribution in [0.5, 0.6) is 0 Å². The monoisotopic (exact) mass is 359 g/mol. The summed E-state index contributed by atoms with van der Waals surface area (Å²) in [5, 5.41) is 3.24. The fraction of sp³-hybridized carbons (Fsp3) is 0.714. The predicted molar refractivity (Wildman–Crippen MR) is 103 cm³/mol. The summed E-state index contributed by atoms with van der Waals surface area (Å²) in [7, 11) is 0. The van der Waals surface area contributed by atoms with Gasteiger partial charge in [-0.1, -0.05) is 32.3 Å². The summed E-state index contributed by atoms with van der Waals surface area (Å²) in [5.41, 5.74) is 1.25. The first kappa shape index (κ1) is 19.3. The quantitative estimate of drug-likeness (QED) is 0.812. The van der Waals surface area contributed by atoms with E-state index in [9.17, 15) is 4.79 Å². The van der Waals surface area contributed by atoms with Gasteiger partial charge in [0.1, 0.15) is 6.10 Å². The minimum absolute atomic E-state index is 0.0868. The lowest BCUT2D eigenvalue weighted by molar-refractivity contribution is -0.139. The lowest BCUT2D eigenvalue weighted by atomic mass is 9.97. The maximum absolute atomic E-state index is 12.6. The van der Waals surface area contributed by atoms with E-state index in [1.54, 1.807) is 0 Å². The summed E-state index contributed by atoms with van der Waals surface area (Å²) >= 11 is 0. The highest BCUT2D eigenvalue weighted by molar-refractivity contribution is 5.81. The van der Waals surface area contributed by atoms with E-state index in [0.717, 1.165) is 51.7 Å². The molecule has 1 aromatic heterocycles. The van der Waals surface area contributed by atoms with Crippen molar-refractivity contribution in [2.75, 3.05) is 13.1 Å². The zero-order valence-corrected chi connectivity index (χ0v) is 16.0. The van der Waals surface area contributed by atoms with E-state index in [2.05, 4.69) is 21.3 Å². The topological polar surface area (TPSA) is 54.5 Å². The van der Waals surface area contributed by atoms with Crippen LogP contribution < -0.4 is 5.32 Å². The molecule has 0 aromatic carbocycles. The molecule has 1 amide bonds. The first-order valence-electron chi connectivity index (χ1n) is 10.3. The van der Waals surface area contributed by atoms with Crippen molar-refractivity contribution in [3.05, 3.63) is 30.1 Å². The number of amides is 1. The lowest BCUT2D eigenvalue weighted by Crippen LogP contribution is -2.48. The van der Waals surface area contributed by atoms with Gasteiger partial charge in [0.25, 0.3) is 0 Å². The summed E-state index contributed by atoms with van der Waals surface area (Å²) in [4.78, 5) is 19.3. The number of carbonyl (C=O) groups is 1. The summed E-state index contributed by atoms with van der Waals surface area (Å²) < 4.78 is 6.11. The standard InChI is InChI=1S/C21H33N3O2/c1-2-20(26-19-8-4-3-5-9-19)21(25)23-18-10-13-24(14-11-18)16-17-7-6-12-22-15-17/h6-7,12,15,18-20H,2-5,8-11,13-14,16H2,1H3,(H,23,25). The SMILES string of the molecule is CCC(OC1CCCCC1)C(=O)NC1CCN(Cc2cccnc2)CC1. The molecular formula is C21H33N3O2. The van der Waals surface area contributed by atoms with Crippen LogP contribution in [0.25, 0.3) is 0 Å². The van der Waals surface area contributed by atoms with Gasteiger partial charge in [0.2, 0.25) is 5.91 Å². The number of piperidine rings is 1. The van der Waals surface area contributed by atoms with Gasteiger partial charge in [0.05, 0.1) is 6.10 Å². The molecule has 5 nitrogen and oxygen atoms in total. The van der Waals surface area contributed by atoms with Gasteiger partial charge in [0.15, 0.2) is 0 Å². The third-order valence-electron chi connectivity index (χ3n) is 5.64. The van der Waals surface area contributed by atoms with Crippen LogP contribution in [0.2, 0.25) is 0 Å². The molecule has 1 atom stereocenters. The molecular weight excluding hydrogens is 326 g/mol. The predicted octanol–water partition coefficient (Wildman–Crippen LogP) is 3.29. The van der Waals surface area contributed by atoms with Crippen molar-refractivity contribution in [2.24, 2.45) is 0 Å². The Hall–Kier alpha value is -1.46. The Morgan fingerprint density at radius 1 is 1.27 bits per heavy atom. The van der Waals surface area contributed by atoms with E-state index in [1.807, 2.05) is 25.4 Å². The Morgan fingerprint density at radius 3 is 2.69 bits per heavy atom. The largest absolute Gasteiger partial charge is 0.365 e. The molecule has 144 valence electrons. The number of rotatable bonds is 7. The molecule has 1 N–H and O–H groups in total. The van der Waals surface area contributed by atoms with Gasteiger partial charge in [-0.2, -0.15) is 0 Å². The van der Waals surface area contributed by atoms with E-state index in [0.29, 0.717) is 0 Å². The molecule has 1 aromatic rings. The molecule has 2 fully saturated rings. The maximum atomic E-state index is 12.6. The molecule has 1 unspecified atom stereocenters. The Bertz CT molecular complexity index is 537. The number of hydrogen-bond donors (Lipinski definition) is 1. The second kappa shape index (κ2) is 10.0. The normalized spacial score (nSPS) is 21.4. The van der Waals surface area contributed by atoms with Crippen LogP contribution in [-0.4, -0.2) is 47.1 Å². The fourth-order valence-corrected chi connectivity index (χ4v) is 4.06. The average Bonchev–Trinajstić information content (AvgIpc) is 2.69. The van der Waals surface area contributed by atoms with Crippen molar-refractivity contribution in [1.29, 1.82) is 0 Å². The minimum atomic E-state index is -0.286. The zero-order chi connectivity index (χ0) is 18.2. The molecule has 5 heteroatoms.